The largest absolute Gasteiger partial charge is 0.493 e. The van der Waals surface area contributed by atoms with E-state index >= 15 is 0 Å². The first kappa shape index (κ1) is 18.3. The molecule has 1 N–H and O–H groups in total. The summed E-state index contributed by atoms with van der Waals surface area (Å²) in [5, 5.41) is 2.78. The summed E-state index contributed by atoms with van der Waals surface area (Å²) in [5.41, 5.74) is 1.25. The van der Waals surface area contributed by atoms with Gasteiger partial charge in [0, 0.05) is 0 Å². The van der Waals surface area contributed by atoms with Gasteiger partial charge in [0.25, 0.3) is 5.91 Å². The van der Waals surface area contributed by atoms with Crippen molar-refractivity contribution in [3.05, 3.63) is 59.7 Å². The Bertz CT molecular complexity index is 730. The Hall–Kier alpha value is -3.02. The number of carbonyl (C=O) groups excluding carboxylic acids is 2. The molecule has 6 nitrogen and oxygen atoms in total. The van der Waals surface area contributed by atoms with Crippen LogP contribution in [0.4, 0.5) is 0 Å². The topological polar surface area (TPSA) is 73.9 Å². The van der Waals surface area contributed by atoms with Gasteiger partial charge in [0.2, 0.25) is 0 Å². The normalized spacial score (nSPS) is 11.3. The van der Waals surface area contributed by atoms with Gasteiger partial charge in [-0.2, -0.15) is 0 Å². The molecule has 0 fully saturated rings. The van der Waals surface area contributed by atoms with Crippen molar-refractivity contribution < 1.29 is 23.8 Å². The molecule has 2 aromatic rings. The van der Waals surface area contributed by atoms with Crippen LogP contribution < -0.4 is 14.8 Å². The van der Waals surface area contributed by atoms with Gasteiger partial charge < -0.3 is 19.5 Å². The lowest BCUT2D eigenvalue weighted by Gasteiger charge is -2.14. The quantitative estimate of drug-likeness (QED) is 0.783. The predicted molar refractivity (Wildman–Crippen MR) is 92.8 cm³/mol. The van der Waals surface area contributed by atoms with Crippen LogP contribution in [0.3, 0.4) is 0 Å². The highest BCUT2D eigenvalue weighted by Gasteiger charge is 2.15. The van der Waals surface area contributed by atoms with Crippen molar-refractivity contribution in [2.45, 2.75) is 13.0 Å². The molecule has 0 saturated heterocycles. The van der Waals surface area contributed by atoms with Crippen LogP contribution in [-0.4, -0.2) is 32.7 Å². The van der Waals surface area contributed by atoms with Gasteiger partial charge in [0.1, 0.15) is 0 Å². The van der Waals surface area contributed by atoms with Crippen LogP contribution in [-0.2, 0) is 9.53 Å². The fraction of sp³-hybridized carbons (Fsp3) is 0.263. The Labute approximate surface area is 146 Å². The number of rotatable bonds is 7. The van der Waals surface area contributed by atoms with Gasteiger partial charge in [-0.05, 0) is 30.7 Å². The summed E-state index contributed by atoms with van der Waals surface area (Å²) in [4.78, 5) is 24.0. The molecule has 0 heterocycles. The fourth-order valence-corrected chi connectivity index (χ4v) is 2.29. The zero-order chi connectivity index (χ0) is 18.2. The lowest BCUT2D eigenvalue weighted by atomic mass is 10.1. The highest BCUT2D eigenvalue weighted by molar-refractivity contribution is 5.92. The van der Waals surface area contributed by atoms with Crippen LogP contribution in [0.5, 0.6) is 11.5 Å². The summed E-state index contributed by atoms with van der Waals surface area (Å²) in [5.74, 6) is -0.0544. The van der Waals surface area contributed by atoms with Gasteiger partial charge in [-0.3, -0.25) is 4.79 Å². The van der Waals surface area contributed by atoms with E-state index in [4.69, 9.17) is 14.2 Å². The molecule has 0 aromatic heterocycles. The van der Waals surface area contributed by atoms with Crippen LogP contribution in [0.1, 0.15) is 28.9 Å². The van der Waals surface area contributed by atoms with Crippen molar-refractivity contribution in [1.82, 2.24) is 5.32 Å². The Morgan fingerprint density at radius 3 is 2.32 bits per heavy atom. The van der Waals surface area contributed by atoms with Gasteiger partial charge in [0.05, 0.1) is 25.8 Å². The van der Waals surface area contributed by atoms with Crippen molar-refractivity contribution in [3.63, 3.8) is 0 Å². The zero-order valence-electron chi connectivity index (χ0n) is 14.4. The minimum absolute atomic E-state index is 0.173. The summed E-state index contributed by atoms with van der Waals surface area (Å²) in [6, 6.07) is 14.0. The van der Waals surface area contributed by atoms with Crippen LogP contribution in [0.25, 0.3) is 0 Å². The molecule has 25 heavy (non-hydrogen) atoms. The van der Waals surface area contributed by atoms with Crippen LogP contribution in [0, 0.1) is 0 Å². The number of methoxy groups -OCH3 is 2. The zero-order valence-corrected chi connectivity index (χ0v) is 14.4. The van der Waals surface area contributed by atoms with Crippen molar-refractivity contribution in [2.24, 2.45) is 0 Å². The summed E-state index contributed by atoms with van der Waals surface area (Å²) >= 11 is 0. The third-order valence-electron chi connectivity index (χ3n) is 3.63. The van der Waals surface area contributed by atoms with Gasteiger partial charge >= 0.3 is 5.97 Å². The predicted octanol–water partition coefficient (Wildman–Crippen LogP) is 2.74. The van der Waals surface area contributed by atoms with Gasteiger partial charge in [-0.1, -0.05) is 30.3 Å². The minimum atomic E-state index is -0.608. The molecule has 0 radical (unpaired) electrons. The van der Waals surface area contributed by atoms with Crippen molar-refractivity contribution >= 4 is 11.9 Å². The summed E-state index contributed by atoms with van der Waals surface area (Å²) in [7, 11) is 2.99. The van der Waals surface area contributed by atoms with E-state index in [-0.39, 0.29) is 24.1 Å². The molecule has 6 heteroatoms. The Morgan fingerprint density at radius 2 is 1.68 bits per heavy atom. The number of carbonyl (C=O) groups is 2. The second kappa shape index (κ2) is 8.73. The molecule has 2 aromatic carbocycles. The summed E-state index contributed by atoms with van der Waals surface area (Å²) < 4.78 is 15.3. The van der Waals surface area contributed by atoms with E-state index in [9.17, 15) is 9.59 Å². The first-order chi connectivity index (χ1) is 12.0. The number of benzene rings is 2. The molecule has 0 aliphatic rings. The molecule has 0 bridgehead atoms. The monoisotopic (exact) mass is 343 g/mol. The van der Waals surface area contributed by atoms with Crippen molar-refractivity contribution in [1.29, 1.82) is 0 Å². The van der Waals surface area contributed by atoms with Crippen LogP contribution in [0.2, 0.25) is 0 Å². The van der Waals surface area contributed by atoms with E-state index in [0.29, 0.717) is 11.5 Å². The van der Waals surface area contributed by atoms with E-state index in [1.54, 1.807) is 12.1 Å². The van der Waals surface area contributed by atoms with Crippen LogP contribution in [0.15, 0.2) is 48.5 Å². The Balaban J connectivity index is 1.90. The average Bonchev–Trinajstić information content (AvgIpc) is 2.66. The van der Waals surface area contributed by atoms with E-state index < -0.39 is 5.97 Å². The second-order valence-electron chi connectivity index (χ2n) is 5.35. The van der Waals surface area contributed by atoms with Crippen LogP contribution >= 0.6 is 0 Å². The van der Waals surface area contributed by atoms with E-state index in [1.807, 2.05) is 37.3 Å². The first-order valence-electron chi connectivity index (χ1n) is 7.78. The van der Waals surface area contributed by atoms with E-state index in [2.05, 4.69) is 5.32 Å². The smallest absolute Gasteiger partial charge is 0.338 e. The van der Waals surface area contributed by atoms with Gasteiger partial charge in [-0.15, -0.1) is 0 Å². The molecule has 0 aliphatic carbocycles. The molecule has 1 amide bonds. The number of esters is 1. The molecule has 2 rings (SSSR count). The average molecular weight is 343 g/mol. The molecule has 0 spiro atoms. The van der Waals surface area contributed by atoms with E-state index in [1.165, 1.54) is 20.3 Å². The highest BCUT2D eigenvalue weighted by atomic mass is 16.5. The number of hydrogen-bond acceptors (Lipinski definition) is 5. The summed E-state index contributed by atoms with van der Waals surface area (Å²) in [6.07, 6.45) is 0. The van der Waals surface area contributed by atoms with Gasteiger partial charge in [-0.25, -0.2) is 4.79 Å². The molecular formula is C19H21NO5. The molecule has 0 unspecified atom stereocenters. The lowest BCUT2D eigenvalue weighted by Crippen LogP contribution is -2.31. The standard InChI is InChI=1S/C19H21NO5/c1-13(14-7-5-4-6-8-14)20-18(21)12-25-19(22)15-9-10-16(23-2)17(11-15)24-3/h4-11,13H,12H2,1-3H3,(H,20,21)/t13-/m0/s1. The number of ether oxygens (including phenoxy) is 3. The third kappa shape index (κ3) is 4.97. The third-order valence-corrected chi connectivity index (χ3v) is 3.63. The molecule has 132 valence electrons. The SMILES string of the molecule is COc1ccc(C(=O)OCC(=O)N[C@@H](C)c2ccccc2)cc1OC. The number of nitrogens with one attached hydrogen (secondary N) is 1. The minimum Gasteiger partial charge on any atom is -0.493 e. The lowest BCUT2D eigenvalue weighted by molar-refractivity contribution is -0.124. The van der Waals surface area contributed by atoms with Crippen molar-refractivity contribution in [2.75, 3.05) is 20.8 Å². The molecule has 0 saturated carbocycles. The first-order valence-corrected chi connectivity index (χ1v) is 7.78. The van der Waals surface area contributed by atoms with E-state index in [0.717, 1.165) is 5.56 Å². The number of amides is 1. The molecule has 1 atom stereocenters. The molecule has 0 aliphatic heterocycles. The van der Waals surface area contributed by atoms with Gasteiger partial charge in [0.15, 0.2) is 18.1 Å². The maximum Gasteiger partial charge on any atom is 0.338 e. The maximum atomic E-state index is 12.1. The van der Waals surface area contributed by atoms with Crippen molar-refractivity contribution in [3.8, 4) is 11.5 Å². The summed E-state index contributed by atoms with van der Waals surface area (Å²) in [6.45, 7) is 1.51. The fourth-order valence-electron chi connectivity index (χ4n) is 2.29. The maximum absolute atomic E-state index is 12.1. The molecular weight excluding hydrogens is 322 g/mol. The Kier molecular flexibility index (Phi) is 6.39. The number of hydrogen-bond donors (Lipinski definition) is 1. The second-order valence-corrected chi connectivity index (χ2v) is 5.35. The highest BCUT2D eigenvalue weighted by Crippen LogP contribution is 2.27. The Morgan fingerprint density at radius 1 is 1.00 bits per heavy atom.